The van der Waals surface area contributed by atoms with Crippen molar-refractivity contribution in [2.24, 2.45) is 11.1 Å². The fourth-order valence-corrected chi connectivity index (χ4v) is 4.36. The summed E-state index contributed by atoms with van der Waals surface area (Å²) < 4.78 is 5.66. The summed E-state index contributed by atoms with van der Waals surface area (Å²) in [6, 6.07) is 6.88. The van der Waals surface area contributed by atoms with Crippen molar-refractivity contribution >= 4 is 29.0 Å². The van der Waals surface area contributed by atoms with Gasteiger partial charge in [-0.2, -0.15) is 5.26 Å². The highest BCUT2D eigenvalue weighted by Gasteiger charge is 2.60. The number of nitrogens with zero attached hydrogens (tertiary/aromatic N) is 1. The van der Waals surface area contributed by atoms with E-state index in [2.05, 4.69) is 5.32 Å². The van der Waals surface area contributed by atoms with Crippen LogP contribution in [0.1, 0.15) is 32.3 Å². The molecule has 0 radical (unpaired) electrons. The molecule has 0 unspecified atom stereocenters. The van der Waals surface area contributed by atoms with E-state index in [0.717, 1.165) is 0 Å². The third kappa shape index (κ3) is 1.98. The largest absolute Gasteiger partial charge is 0.444 e. The predicted octanol–water partition coefficient (Wildman–Crippen LogP) is 2.90. The highest BCUT2D eigenvalue weighted by Crippen LogP contribution is 2.55. The Bertz CT molecular complexity index is 1000. The van der Waals surface area contributed by atoms with E-state index in [4.69, 9.17) is 22.1 Å². The number of hydrogen-bond donors (Lipinski definition) is 2. The maximum absolute atomic E-state index is 13.2. The molecule has 0 aromatic heterocycles. The van der Waals surface area contributed by atoms with Crippen LogP contribution in [0.3, 0.4) is 0 Å². The number of rotatable bonds is 0. The first kappa shape index (κ1) is 16.7. The molecule has 0 saturated carbocycles. The number of allylic oxidation sites excluding steroid dienone is 1. The van der Waals surface area contributed by atoms with Crippen LogP contribution in [0, 0.1) is 16.7 Å². The molecule has 1 spiro atoms. The molecule has 1 aromatic rings. The van der Waals surface area contributed by atoms with Gasteiger partial charge in [-0.05, 0) is 17.5 Å². The first-order chi connectivity index (χ1) is 12.2. The summed E-state index contributed by atoms with van der Waals surface area (Å²) in [7, 11) is 0. The van der Waals surface area contributed by atoms with E-state index in [9.17, 15) is 14.9 Å². The molecule has 26 heavy (non-hydrogen) atoms. The van der Waals surface area contributed by atoms with Gasteiger partial charge in [-0.1, -0.05) is 31.5 Å². The number of benzene rings is 1. The Labute approximate surface area is 155 Å². The Morgan fingerprint density at radius 1 is 1.31 bits per heavy atom. The van der Waals surface area contributed by atoms with E-state index in [0.29, 0.717) is 28.5 Å². The zero-order chi connectivity index (χ0) is 18.9. The third-order valence-corrected chi connectivity index (χ3v) is 5.39. The van der Waals surface area contributed by atoms with Crippen LogP contribution < -0.4 is 11.1 Å². The van der Waals surface area contributed by atoms with Gasteiger partial charge in [0.2, 0.25) is 11.8 Å². The Morgan fingerprint density at radius 3 is 2.73 bits per heavy atom. The molecule has 7 heteroatoms. The normalized spacial score (nSPS) is 26.2. The molecule has 0 saturated heterocycles. The lowest BCUT2D eigenvalue weighted by Crippen LogP contribution is -2.48. The molecular weight excluding hydrogens is 354 g/mol. The van der Waals surface area contributed by atoms with Crippen LogP contribution in [-0.4, -0.2) is 11.7 Å². The van der Waals surface area contributed by atoms with Gasteiger partial charge < -0.3 is 15.8 Å². The smallest absolute Gasteiger partial charge is 0.245 e. The Morgan fingerprint density at radius 2 is 2.04 bits per heavy atom. The third-order valence-electron chi connectivity index (χ3n) is 5.15. The number of amides is 1. The van der Waals surface area contributed by atoms with Gasteiger partial charge in [-0.3, -0.25) is 9.59 Å². The summed E-state index contributed by atoms with van der Waals surface area (Å²) in [6.07, 6.45) is 0.706. The number of carbonyl (C=O) groups is 2. The van der Waals surface area contributed by atoms with Crippen molar-refractivity contribution in [2.45, 2.75) is 32.1 Å². The maximum Gasteiger partial charge on any atom is 0.245 e. The molecule has 1 aliphatic carbocycles. The number of nitrogens with one attached hydrogen (secondary N) is 1. The van der Waals surface area contributed by atoms with Crippen LogP contribution >= 0.6 is 11.6 Å². The summed E-state index contributed by atoms with van der Waals surface area (Å²) in [6.45, 7) is 3.90. The minimum atomic E-state index is -1.58. The molecule has 1 aromatic carbocycles. The number of fused-ring (bicyclic) bond motifs is 3. The number of nitrogens with two attached hydrogens (primary N) is 1. The average Bonchev–Trinajstić information content (AvgIpc) is 2.78. The molecule has 3 aliphatic rings. The van der Waals surface area contributed by atoms with Crippen molar-refractivity contribution in [3.05, 3.63) is 51.6 Å². The van der Waals surface area contributed by atoms with E-state index in [1.165, 1.54) is 0 Å². The van der Waals surface area contributed by atoms with Gasteiger partial charge in [0.15, 0.2) is 5.78 Å². The number of ether oxygens (including phenoxy) is 1. The van der Waals surface area contributed by atoms with Crippen molar-refractivity contribution in [1.29, 1.82) is 5.26 Å². The van der Waals surface area contributed by atoms with Gasteiger partial charge in [-0.25, -0.2) is 0 Å². The zero-order valence-electron chi connectivity index (χ0n) is 14.3. The maximum atomic E-state index is 13.2. The zero-order valence-corrected chi connectivity index (χ0v) is 15.0. The number of anilines is 1. The molecule has 1 amide bonds. The van der Waals surface area contributed by atoms with Crippen molar-refractivity contribution < 1.29 is 14.3 Å². The van der Waals surface area contributed by atoms with Gasteiger partial charge >= 0.3 is 0 Å². The lowest BCUT2D eigenvalue weighted by Gasteiger charge is -2.41. The van der Waals surface area contributed by atoms with Crippen molar-refractivity contribution in [3.8, 4) is 6.07 Å². The molecule has 1 atom stereocenters. The number of Topliss-reactive ketones (excluding diaryl/α,β-unsaturated/α-hetero) is 1. The van der Waals surface area contributed by atoms with E-state index in [1.54, 1.807) is 18.2 Å². The van der Waals surface area contributed by atoms with E-state index in [-0.39, 0.29) is 34.6 Å². The molecule has 0 fully saturated rings. The summed E-state index contributed by atoms with van der Waals surface area (Å²) >= 11 is 6.04. The molecule has 132 valence electrons. The van der Waals surface area contributed by atoms with Crippen LogP contribution in [0.4, 0.5) is 5.69 Å². The van der Waals surface area contributed by atoms with Crippen LogP contribution in [0.25, 0.3) is 0 Å². The molecular formula is C19H16ClN3O3. The van der Waals surface area contributed by atoms with E-state index < -0.39 is 11.3 Å². The van der Waals surface area contributed by atoms with E-state index >= 15 is 0 Å². The lowest BCUT2D eigenvalue weighted by molar-refractivity contribution is -0.124. The molecule has 4 rings (SSSR count). The number of carbonyl (C=O) groups excluding carboxylic acids is 2. The first-order valence-corrected chi connectivity index (χ1v) is 8.55. The molecule has 0 bridgehead atoms. The standard InChI is InChI=1S/C19H16ClN3O3/c1-18(2)6-13(24)15-14(7-18)26-16(22)11(8-21)19(15)10-4-3-9(20)5-12(10)23-17(19)25/h3-5H,6-7,22H2,1-2H3,(H,23,25)/t19-/m1/s1. The summed E-state index contributed by atoms with van der Waals surface area (Å²) in [5, 5.41) is 12.9. The SMILES string of the molecule is CC1(C)CC(=O)C2=C(C1)OC(N)=C(C#N)[C@@]21C(=O)Nc2cc(Cl)ccc21. The fourth-order valence-electron chi connectivity index (χ4n) is 4.18. The first-order valence-electron chi connectivity index (χ1n) is 8.17. The monoisotopic (exact) mass is 369 g/mol. The number of ketones is 1. The number of nitriles is 1. The number of halogens is 1. The van der Waals surface area contributed by atoms with Crippen LogP contribution in [0.15, 0.2) is 41.0 Å². The van der Waals surface area contributed by atoms with Gasteiger partial charge in [0.05, 0.1) is 5.57 Å². The second-order valence-corrected chi connectivity index (χ2v) is 8.02. The molecule has 6 nitrogen and oxygen atoms in total. The summed E-state index contributed by atoms with van der Waals surface area (Å²) in [5.74, 6) is -0.483. The summed E-state index contributed by atoms with van der Waals surface area (Å²) in [5.41, 5.74) is 5.22. The predicted molar refractivity (Wildman–Crippen MR) is 94.7 cm³/mol. The Hall–Kier alpha value is -2.78. The number of hydrogen-bond acceptors (Lipinski definition) is 5. The molecule has 3 N–H and O–H groups in total. The van der Waals surface area contributed by atoms with Crippen molar-refractivity contribution in [1.82, 2.24) is 0 Å². The van der Waals surface area contributed by atoms with Crippen LogP contribution in [0.2, 0.25) is 5.02 Å². The second kappa shape index (κ2) is 5.12. The molecule has 2 aliphatic heterocycles. The van der Waals surface area contributed by atoms with Gasteiger partial charge in [0.25, 0.3) is 0 Å². The Balaban J connectivity index is 2.09. The van der Waals surface area contributed by atoms with E-state index in [1.807, 2.05) is 19.9 Å². The van der Waals surface area contributed by atoms with Crippen molar-refractivity contribution in [2.75, 3.05) is 5.32 Å². The quantitative estimate of drug-likeness (QED) is 0.731. The van der Waals surface area contributed by atoms with Gasteiger partial charge in [-0.15, -0.1) is 0 Å². The molecule has 2 heterocycles. The van der Waals surface area contributed by atoms with Gasteiger partial charge in [0.1, 0.15) is 22.8 Å². The highest BCUT2D eigenvalue weighted by atomic mass is 35.5. The highest BCUT2D eigenvalue weighted by molar-refractivity contribution is 6.31. The van der Waals surface area contributed by atoms with Crippen LogP contribution in [-0.2, 0) is 19.7 Å². The topological polar surface area (TPSA) is 105 Å². The van der Waals surface area contributed by atoms with Crippen LogP contribution in [0.5, 0.6) is 0 Å². The lowest BCUT2D eigenvalue weighted by atomic mass is 9.62. The average molecular weight is 370 g/mol. The summed E-state index contributed by atoms with van der Waals surface area (Å²) in [4.78, 5) is 26.2. The minimum absolute atomic E-state index is 0.0668. The van der Waals surface area contributed by atoms with Gasteiger partial charge in [0, 0.05) is 29.1 Å². The second-order valence-electron chi connectivity index (χ2n) is 7.59. The van der Waals surface area contributed by atoms with Crippen molar-refractivity contribution in [3.63, 3.8) is 0 Å². The Kier molecular flexibility index (Phi) is 3.28. The fraction of sp³-hybridized carbons (Fsp3) is 0.316. The minimum Gasteiger partial charge on any atom is -0.444 e.